The Bertz CT molecular complexity index is 1900. The van der Waals surface area contributed by atoms with Crippen LogP contribution in [0.5, 0.6) is 5.75 Å². The number of aliphatic imine (C=N–C) groups is 2. The van der Waals surface area contributed by atoms with Crippen LogP contribution < -0.4 is 15.4 Å². The van der Waals surface area contributed by atoms with E-state index in [1.165, 1.54) is 17.2 Å². The summed E-state index contributed by atoms with van der Waals surface area (Å²) < 4.78 is 33.2. The van der Waals surface area contributed by atoms with Crippen LogP contribution in [0.2, 0.25) is 0 Å². The maximum absolute atomic E-state index is 14.3. The number of piperidine rings is 1. The normalized spacial score (nSPS) is 20.9. The van der Waals surface area contributed by atoms with Crippen molar-refractivity contribution in [3.8, 4) is 5.75 Å². The molecule has 2 N–H and O–H groups in total. The molecule has 1 unspecified atom stereocenters. The zero-order valence-electron chi connectivity index (χ0n) is 26.6. The Kier molecular flexibility index (Phi) is 9.30. The highest BCUT2D eigenvalue weighted by molar-refractivity contribution is 6.24. The van der Waals surface area contributed by atoms with Crippen molar-refractivity contribution in [3.63, 3.8) is 0 Å². The molecule has 2 aliphatic heterocycles. The molecule has 0 radical (unpaired) electrons. The molecule has 1 fully saturated rings. The van der Waals surface area contributed by atoms with Gasteiger partial charge >= 0.3 is 6.09 Å². The molecule has 3 aromatic carbocycles. The first-order valence-corrected chi connectivity index (χ1v) is 15.8. The van der Waals surface area contributed by atoms with E-state index >= 15 is 0 Å². The number of rotatable bonds is 7. The lowest BCUT2D eigenvalue weighted by Gasteiger charge is -2.41. The summed E-state index contributed by atoms with van der Waals surface area (Å²) in [6.07, 6.45) is 6.03. The molecule has 0 spiro atoms. The highest BCUT2D eigenvalue weighted by atomic mass is 19.1. The third-order valence-electron chi connectivity index (χ3n) is 8.78. The van der Waals surface area contributed by atoms with Crippen LogP contribution in [0.4, 0.5) is 19.3 Å². The molecule has 2 atom stereocenters. The first kappa shape index (κ1) is 33.1. The van der Waals surface area contributed by atoms with Gasteiger partial charge in [0.25, 0.3) is 0 Å². The second-order valence-corrected chi connectivity index (χ2v) is 12.2. The van der Waals surface area contributed by atoms with Gasteiger partial charge in [-0.15, -0.1) is 0 Å². The lowest BCUT2D eigenvalue weighted by atomic mass is 9.75. The van der Waals surface area contributed by atoms with Crippen molar-refractivity contribution in [2.75, 3.05) is 13.1 Å². The van der Waals surface area contributed by atoms with Crippen LogP contribution in [0.15, 0.2) is 107 Å². The van der Waals surface area contributed by atoms with E-state index in [0.29, 0.717) is 28.8 Å². The molecule has 10 nitrogen and oxygen atoms in total. The zero-order valence-corrected chi connectivity index (χ0v) is 26.6. The smallest absolute Gasteiger partial charge is 0.410 e. The van der Waals surface area contributed by atoms with Gasteiger partial charge in [0.15, 0.2) is 11.9 Å². The summed E-state index contributed by atoms with van der Waals surface area (Å²) in [5, 5.41) is 5.68. The standard InChI is InChI=1S/C37H33F2N5O5/c1-36(14-8-7-13-30(36)45)33-28-11-5-6-12-29(28)40-23-31(41-33)42-34(47)37(43-32(46)21-24-19-25(38)22-26(39)20-24)15-17-44(18-16-37)35(48)49-27-9-3-2-4-10-27/h2-14,19-20,22-23,31H,15-18,21H2,1H3,(H,42,47)(H,43,46)/t31-,36?/m1/s1. The van der Waals surface area contributed by atoms with Gasteiger partial charge < -0.3 is 20.3 Å². The number of allylic oxidation sites excluding steroid dienone is 4. The number of benzene rings is 3. The highest BCUT2D eigenvalue weighted by Gasteiger charge is 2.45. The lowest BCUT2D eigenvalue weighted by molar-refractivity contribution is -0.135. The number of carbonyl (C=O) groups excluding carboxylic acids is 4. The maximum atomic E-state index is 14.3. The number of hydrogen-bond acceptors (Lipinski definition) is 7. The molecule has 2 heterocycles. The van der Waals surface area contributed by atoms with Crippen molar-refractivity contribution in [1.29, 1.82) is 0 Å². The Morgan fingerprint density at radius 1 is 0.959 bits per heavy atom. The molecule has 250 valence electrons. The Hall–Kier alpha value is -5.78. The first-order chi connectivity index (χ1) is 23.5. The van der Waals surface area contributed by atoms with Crippen molar-refractivity contribution < 1.29 is 32.7 Å². The molecular weight excluding hydrogens is 632 g/mol. The van der Waals surface area contributed by atoms with Gasteiger partial charge in [-0.2, -0.15) is 0 Å². The van der Waals surface area contributed by atoms with E-state index in [9.17, 15) is 28.0 Å². The summed E-state index contributed by atoms with van der Waals surface area (Å²) in [7, 11) is 0. The Labute approximate surface area is 281 Å². The number of para-hydroxylation sites is 2. The quantitative estimate of drug-likeness (QED) is 0.367. The van der Waals surface area contributed by atoms with Crippen molar-refractivity contribution >= 4 is 41.3 Å². The molecule has 3 amide bonds. The number of fused-ring (bicyclic) bond motifs is 1. The maximum Gasteiger partial charge on any atom is 0.415 e. The summed E-state index contributed by atoms with van der Waals surface area (Å²) in [4.78, 5) is 64.6. The summed E-state index contributed by atoms with van der Waals surface area (Å²) in [6.45, 7) is 1.85. The average molecular weight is 666 g/mol. The summed E-state index contributed by atoms with van der Waals surface area (Å²) in [5.74, 6) is -2.76. The van der Waals surface area contributed by atoms with E-state index in [1.54, 1.807) is 67.6 Å². The number of amides is 3. The van der Waals surface area contributed by atoms with Gasteiger partial charge in [-0.05, 0) is 61.7 Å². The third kappa shape index (κ3) is 7.23. The van der Waals surface area contributed by atoms with E-state index in [2.05, 4.69) is 15.6 Å². The highest BCUT2D eigenvalue weighted by Crippen LogP contribution is 2.35. The number of likely N-dealkylation sites (tertiary alicyclic amines) is 1. The SMILES string of the molecule is CC1(C2=N[C@H](NC(=O)C3(NC(=O)Cc4cc(F)cc(F)c4)CCN(C(=O)Oc4ccccc4)CC3)C=Nc3ccccc32)C=CC=CC1=O. The Balaban J connectivity index is 1.27. The summed E-state index contributed by atoms with van der Waals surface area (Å²) in [6, 6.07) is 18.5. The number of carbonyl (C=O) groups is 4. The Morgan fingerprint density at radius 2 is 1.65 bits per heavy atom. The molecule has 3 aromatic rings. The molecule has 49 heavy (non-hydrogen) atoms. The monoisotopic (exact) mass is 665 g/mol. The van der Waals surface area contributed by atoms with E-state index in [0.717, 1.165) is 12.1 Å². The first-order valence-electron chi connectivity index (χ1n) is 15.8. The second-order valence-electron chi connectivity index (χ2n) is 12.2. The van der Waals surface area contributed by atoms with Crippen LogP contribution in [0, 0.1) is 17.0 Å². The molecule has 12 heteroatoms. The van der Waals surface area contributed by atoms with Crippen molar-refractivity contribution in [1.82, 2.24) is 15.5 Å². The van der Waals surface area contributed by atoms with Gasteiger partial charge in [0.05, 0.1) is 23.2 Å². The topological polar surface area (TPSA) is 130 Å². The van der Waals surface area contributed by atoms with Crippen LogP contribution in [-0.4, -0.2) is 65.3 Å². The largest absolute Gasteiger partial charge is 0.415 e. The molecule has 1 aliphatic carbocycles. The average Bonchev–Trinajstić information content (AvgIpc) is 3.26. The molecule has 1 saturated heterocycles. The third-order valence-corrected chi connectivity index (χ3v) is 8.78. The van der Waals surface area contributed by atoms with Crippen LogP contribution in [0.3, 0.4) is 0 Å². The van der Waals surface area contributed by atoms with Crippen molar-refractivity contribution in [2.24, 2.45) is 15.4 Å². The van der Waals surface area contributed by atoms with E-state index < -0.39 is 53.1 Å². The van der Waals surface area contributed by atoms with Gasteiger partial charge in [-0.1, -0.05) is 54.6 Å². The van der Waals surface area contributed by atoms with Gasteiger partial charge in [0, 0.05) is 30.9 Å². The number of hydrogen-bond donors (Lipinski definition) is 2. The van der Waals surface area contributed by atoms with Crippen LogP contribution in [0.25, 0.3) is 0 Å². The van der Waals surface area contributed by atoms with E-state index in [1.807, 2.05) is 12.1 Å². The van der Waals surface area contributed by atoms with E-state index in [-0.39, 0.29) is 37.3 Å². The molecule has 0 saturated carbocycles. The second kappa shape index (κ2) is 13.8. The number of halogens is 2. The van der Waals surface area contributed by atoms with Crippen molar-refractivity contribution in [2.45, 2.75) is 37.9 Å². The predicted octanol–water partition coefficient (Wildman–Crippen LogP) is 5.01. The molecule has 0 bridgehead atoms. The number of nitrogens with zero attached hydrogens (tertiary/aromatic N) is 3. The molecule has 6 rings (SSSR count). The van der Waals surface area contributed by atoms with Crippen LogP contribution >= 0.6 is 0 Å². The predicted molar refractivity (Wildman–Crippen MR) is 179 cm³/mol. The van der Waals surface area contributed by atoms with Crippen LogP contribution in [-0.2, 0) is 20.8 Å². The van der Waals surface area contributed by atoms with Gasteiger partial charge in [-0.25, -0.2) is 13.6 Å². The molecule has 3 aliphatic rings. The number of ketones is 1. The fraction of sp³-hybridized carbons (Fsp3) is 0.243. The minimum Gasteiger partial charge on any atom is -0.410 e. The minimum atomic E-state index is -1.54. The zero-order chi connectivity index (χ0) is 34.6. The van der Waals surface area contributed by atoms with Crippen molar-refractivity contribution in [3.05, 3.63) is 120 Å². The number of ether oxygens (including phenoxy) is 1. The summed E-state index contributed by atoms with van der Waals surface area (Å²) in [5.41, 5.74) is -1.00. The molecular formula is C37H33F2N5O5. The summed E-state index contributed by atoms with van der Waals surface area (Å²) >= 11 is 0. The lowest BCUT2D eigenvalue weighted by Crippen LogP contribution is -2.65. The molecule has 0 aromatic heterocycles. The van der Waals surface area contributed by atoms with Gasteiger partial charge in [-0.3, -0.25) is 24.4 Å². The van der Waals surface area contributed by atoms with Crippen LogP contribution in [0.1, 0.15) is 30.9 Å². The minimum absolute atomic E-state index is 0.00360. The van der Waals surface area contributed by atoms with E-state index in [4.69, 9.17) is 9.73 Å². The van der Waals surface area contributed by atoms with Gasteiger partial charge in [0.1, 0.15) is 22.9 Å². The Morgan fingerprint density at radius 3 is 2.37 bits per heavy atom. The van der Waals surface area contributed by atoms with Gasteiger partial charge in [0.2, 0.25) is 11.8 Å². The number of nitrogens with one attached hydrogen (secondary N) is 2. The fourth-order valence-corrected chi connectivity index (χ4v) is 6.12. The fourth-order valence-electron chi connectivity index (χ4n) is 6.12.